The molecule has 1 aliphatic heterocycles. The zero-order valence-electron chi connectivity index (χ0n) is 20.1. The molecule has 0 aromatic heterocycles. The van der Waals surface area contributed by atoms with Crippen LogP contribution < -0.4 is 5.32 Å². The molecule has 1 fully saturated rings. The molecule has 36 heavy (non-hydrogen) atoms. The molecule has 1 aliphatic rings. The molecule has 0 bridgehead atoms. The lowest BCUT2D eigenvalue weighted by atomic mass is 10.0. The van der Waals surface area contributed by atoms with Gasteiger partial charge in [-0.05, 0) is 37.0 Å². The number of hydrogen-bond donors (Lipinski definition) is 3. The van der Waals surface area contributed by atoms with E-state index in [1.807, 2.05) is 54.6 Å². The van der Waals surface area contributed by atoms with Gasteiger partial charge in [0, 0.05) is 25.2 Å². The number of carbonyl (C=O) groups is 3. The molecule has 0 atom stereocenters. The van der Waals surface area contributed by atoms with E-state index in [9.17, 15) is 4.79 Å². The third kappa shape index (κ3) is 8.25. The van der Waals surface area contributed by atoms with E-state index in [0.717, 1.165) is 49.3 Å². The third-order valence-electron chi connectivity index (χ3n) is 5.77. The number of carboxylic acid groups (broad SMARTS) is 2. The van der Waals surface area contributed by atoms with Crippen LogP contribution in [0.3, 0.4) is 0 Å². The first-order valence-corrected chi connectivity index (χ1v) is 11.7. The molecule has 0 aliphatic carbocycles. The fourth-order valence-corrected chi connectivity index (χ4v) is 3.89. The fourth-order valence-electron chi connectivity index (χ4n) is 3.89. The Morgan fingerprint density at radius 1 is 0.861 bits per heavy atom. The first-order valence-electron chi connectivity index (χ1n) is 11.7. The van der Waals surface area contributed by atoms with Crippen molar-refractivity contribution >= 4 is 23.7 Å². The number of para-hydroxylation sites is 1. The van der Waals surface area contributed by atoms with Crippen LogP contribution in [0.25, 0.3) is 11.1 Å². The van der Waals surface area contributed by atoms with Crippen LogP contribution in [0.2, 0.25) is 0 Å². The predicted molar refractivity (Wildman–Crippen MR) is 137 cm³/mol. The van der Waals surface area contributed by atoms with Gasteiger partial charge in [0.1, 0.15) is 6.10 Å². The number of carbonyl (C=O) groups excluding carboxylic acids is 1. The van der Waals surface area contributed by atoms with Crippen molar-refractivity contribution in [2.45, 2.75) is 32.4 Å². The number of nitrogens with zero attached hydrogens (tertiary/aromatic N) is 1. The summed E-state index contributed by atoms with van der Waals surface area (Å²) in [4.78, 5) is 33.1. The number of aliphatic carboxylic acids is 2. The van der Waals surface area contributed by atoms with E-state index in [1.165, 1.54) is 11.1 Å². The van der Waals surface area contributed by atoms with Crippen LogP contribution in [-0.2, 0) is 20.9 Å². The molecule has 1 heterocycles. The number of benzene rings is 3. The highest BCUT2D eigenvalue weighted by Gasteiger charge is 2.22. The summed E-state index contributed by atoms with van der Waals surface area (Å²) in [5, 5.41) is 17.7. The van der Waals surface area contributed by atoms with Gasteiger partial charge < -0.3 is 14.9 Å². The highest BCUT2D eigenvalue weighted by Crippen LogP contribution is 2.28. The molecule has 1 amide bonds. The van der Waals surface area contributed by atoms with Gasteiger partial charge in [-0.3, -0.25) is 10.2 Å². The molecular weight excluding hydrogens is 460 g/mol. The van der Waals surface area contributed by atoms with Crippen LogP contribution in [0.1, 0.15) is 24.0 Å². The SMILES string of the molecule is Cc1ccc(CN2CCC(OC(=O)Nc3ccccc3-c3ccccc3)CC2)cc1.O=C(O)C(=O)O. The first kappa shape index (κ1) is 26.4. The van der Waals surface area contributed by atoms with Crippen molar-refractivity contribution in [2.75, 3.05) is 18.4 Å². The Morgan fingerprint density at radius 3 is 2.06 bits per heavy atom. The maximum Gasteiger partial charge on any atom is 0.414 e. The van der Waals surface area contributed by atoms with Crippen molar-refractivity contribution in [3.05, 3.63) is 90.0 Å². The van der Waals surface area contributed by atoms with Gasteiger partial charge in [-0.1, -0.05) is 78.4 Å². The minimum atomic E-state index is -1.82. The minimum absolute atomic E-state index is 0.0387. The lowest BCUT2D eigenvalue weighted by Crippen LogP contribution is -2.38. The van der Waals surface area contributed by atoms with Gasteiger partial charge in [0.25, 0.3) is 0 Å². The second-order valence-corrected chi connectivity index (χ2v) is 8.51. The largest absolute Gasteiger partial charge is 0.473 e. The zero-order chi connectivity index (χ0) is 25.9. The molecule has 8 heteroatoms. The first-order chi connectivity index (χ1) is 17.3. The van der Waals surface area contributed by atoms with Gasteiger partial charge in [-0.2, -0.15) is 0 Å². The quantitative estimate of drug-likeness (QED) is 0.430. The number of nitrogens with one attached hydrogen (secondary N) is 1. The van der Waals surface area contributed by atoms with Gasteiger partial charge in [0.2, 0.25) is 0 Å². The Balaban J connectivity index is 0.000000538. The Kier molecular flexibility index (Phi) is 9.59. The zero-order valence-corrected chi connectivity index (χ0v) is 20.1. The molecule has 1 saturated heterocycles. The van der Waals surface area contributed by atoms with Gasteiger partial charge in [-0.25, -0.2) is 14.4 Å². The summed E-state index contributed by atoms with van der Waals surface area (Å²) in [7, 11) is 0. The van der Waals surface area contributed by atoms with Crippen LogP contribution in [0.15, 0.2) is 78.9 Å². The standard InChI is InChI=1S/C26H28N2O2.C2H2O4/c1-20-11-13-21(14-12-20)19-28-17-15-23(16-18-28)30-26(29)27-25-10-6-5-9-24(25)22-7-3-2-4-8-22;3-1(4)2(5)6/h2-14,23H,15-19H2,1H3,(H,27,29);(H,3,4)(H,5,6). The number of carboxylic acids is 2. The third-order valence-corrected chi connectivity index (χ3v) is 5.77. The predicted octanol–water partition coefficient (Wildman–Crippen LogP) is 5.03. The summed E-state index contributed by atoms with van der Waals surface area (Å²) in [6.07, 6.45) is 1.30. The molecular formula is C28H30N2O6. The van der Waals surface area contributed by atoms with Crippen molar-refractivity contribution in [3.8, 4) is 11.1 Å². The van der Waals surface area contributed by atoms with Gasteiger partial charge in [-0.15, -0.1) is 0 Å². The van der Waals surface area contributed by atoms with Crippen molar-refractivity contribution in [2.24, 2.45) is 0 Å². The number of rotatable bonds is 5. The summed E-state index contributed by atoms with van der Waals surface area (Å²) in [5.41, 5.74) is 5.44. The summed E-state index contributed by atoms with van der Waals surface area (Å²) in [6.45, 7) is 4.93. The monoisotopic (exact) mass is 490 g/mol. The van der Waals surface area contributed by atoms with Gasteiger partial charge in [0.05, 0.1) is 5.69 Å². The van der Waals surface area contributed by atoms with Crippen LogP contribution >= 0.6 is 0 Å². The number of likely N-dealkylation sites (tertiary alicyclic amines) is 1. The second kappa shape index (κ2) is 13.1. The van der Waals surface area contributed by atoms with E-state index in [1.54, 1.807) is 0 Å². The molecule has 8 nitrogen and oxygen atoms in total. The molecule has 0 radical (unpaired) electrons. The van der Waals surface area contributed by atoms with Crippen molar-refractivity contribution in [3.63, 3.8) is 0 Å². The summed E-state index contributed by atoms with van der Waals surface area (Å²) < 4.78 is 5.72. The second-order valence-electron chi connectivity index (χ2n) is 8.51. The van der Waals surface area contributed by atoms with Crippen LogP contribution in [0, 0.1) is 6.92 Å². The normalized spacial score (nSPS) is 13.7. The van der Waals surface area contributed by atoms with Crippen molar-refractivity contribution < 1.29 is 29.3 Å². The number of piperidine rings is 1. The summed E-state index contributed by atoms with van der Waals surface area (Å²) in [5.74, 6) is -3.65. The van der Waals surface area contributed by atoms with Crippen LogP contribution in [-0.4, -0.2) is 52.3 Å². The molecule has 3 aromatic carbocycles. The molecule has 3 aromatic rings. The van der Waals surface area contributed by atoms with Crippen LogP contribution in [0.5, 0.6) is 0 Å². The van der Waals surface area contributed by atoms with E-state index >= 15 is 0 Å². The van der Waals surface area contributed by atoms with Crippen molar-refractivity contribution in [1.29, 1.82) is 0 Å². The average Bonchev–Trinajstić information content (AvgIpc) is 2.88. The van der Waals surface area contributed by atoms with E-state index in [0.29, 0.717) is 0 Å². The van der Waals surface area contributed by atoms with E-state index in [2.05, 4.69) is 41.4 Å². The average molecular weight is 491 g/mol. The minimum Gasteiger partial charge on any atom is -0.473 e. The van der Waals surface area contributed by atoms with Crippen molar-refractivity contribution in [1.82, 2.24) is 4.90 Å². The molecule has 0 saturated carbocycles. The Hall–Kier alpha value is -4.17. The molecule has 0 unspecified atom stereocenters. The number of anilines is 1. The molecule has 188 valence electrons. The topological polar surface area (TPSA) is 116 Å². The highest BCUT2D eigenvalue weighted by molar-refractivity contribution is 6.27. The molecule has 4 rings (SSSR count). The van der Waals surface area contributed by atoms with Gasteiger partial charge in [0.15, 0.2) is 0 Å². The summed E-state index contributed by atoms with van der Waals surface area (Å²) >= 11 is 0. The fraction of sp³-hybridized carbons (Fsp3) is 0.250. The van der Waals surface area contributed by atoms with E-state index in [4.69, 9.17) is 24.5 Å². The highest BCUT2D eigenvalue weighted by atomic mass is 16.6. The number of ether oxygens (including phenoxy) is 1. The summed E-state index contributed by atoms with van der Waals surface area (Å²) in [6, 6.07) is 26.6. The molecule has 3 N–H and O–H groups in total. The van der Waals surface area contributed by atoms with Gasteiger partial charge >= 0.3 is 18.0 Å². The number of aryl methyl sites for hydroxylation is 1. The smallest absolute Gasteiger partial charge is 0.414 e. The Labute approximate surface area is 210 Å². The Bertz CT molecular complexity index is 1140. The molecule has 0 spiro atoms. The van der Waals surface area contributed by atoms with E-state index < -0.39 is 11.9 Å². The maximum absolute atomic E-state index is 12.5. The number of hydrogen-bond acceptors (Lipinski definition) is 5. The Morgan fingerprint density at radius 2 is 1.44 bits per heavy atom. The maximum atomic E-state index is 12.5. The lowest BCUT2D eigenvalue weighted by Gasteiger charge is -2.31. The van der Waals surface area contributed by atoms with E-state index in [-0.39, 0.29) is 12.2 Å². The van der Waals surface area contributed by atoms with Crippen LogP contribution in [0.4, 0.5) is 10.5 Å². The lowest BCUT2D eigenvalue weighted by molar-refractivity contribution is -0.159. The number of amides is 1.